The van der Waals surface area contributed by atoms with E-state index in [0.717, 1.165) is 19.5 Å². The number of rotatable bonds is 6. The van der Waals surface area contributed by atoms with E-state index in [4.69, 9.17) is 0 Å². The Morgan fingerprint density at radius 1 is 1.11 bits per heavy atom. The topological polar surface area (TPSA) is 12.0 Å². The van der Waals surface area contributed by atoms with Gasteiger partial charge in [-0.05, 0) is 40.9 Å². The normalized spacial score (nSPS) is 11.7. The lowest BCUT2D eigenvalue weighted by Gasteiger charge is -2.25. The number of hydrogen-bond acceptors (Lipinski definition) is 2. The minimum atomic E-state index is 0.190. The largest absolute Gasteiger partial charge is 0.316 e. The first kappa shape index (κ1) is 13.3. The predicted octanol–water partition coefficient (Wildman–Crippen LogP) is 3.86. The summed E-state index contributed by atoms with van der Waals surface area (Å²) in [6.45, 7) is 6.65. The van der Waals surface area contributed by atoms with Gasteiger partial charge in [-0.15, -0.1) is 0 Å². The summed E-state index contributed by atoms with van der Waals surface area (Å²) in [5, 5.41) is 7.94. The van der Waals surface area contributed by atoms with Gasteiger partial charge in [-0.25, -0.2) is 0 Å². The van der Waals surface area contributed by atoms with Gasteiger partial charge in [-0.2, -0.15) is 11.3 Å². The Labute approximate surface area is 114 Å². The molecule has 0 aliphatic heterocycles. The average Bonchev–Trinajstić information content (AvgIpc) is 2.89. The molecule has 0 fully saturated rings. The summed E-state index contributed by atoms with van der Waals surface area (Å²) >= 11 is 1.77. The van der Waals surface area contributed by atoms with Crippen LogP contribution in [0.3, 0.4) is 0 Å². The van der Waals surface area contributed by atoms with Crippen molar-refractivity contribution in [3.05, 3.63) is 58.3 Å². The minimum absolute atomic E-state index is 0.190. The van der Waals surface area contributed by atoms with Crippen molar-refractivity contribution in [1.29, 1.82) is 0 Å². The van der Waals surface area contributed by atoms with Gasteiger partial charge in [0.05, 0.1) is 0 Å². The van der Waals surface area contributed by atoms with E-state index in [2.05, 4.69) is 66.3 Å². The SMILES string of the molecule is CC(C)(CNCCc1ccsc1)c1ccccc1. The van der Waals surface area contributed by atoms with E-state index < -0.39 is 0 Å². The highest BCUT2D eigenvalue weighted by Gasteiger charge is 2.19. The highest BCUT2D eigenvalue weighted by molar-refractivity contribution is 7.07. The molecule has 0 saturated carbocycles. The van der Waals surface area contributed by atoms with Crippen LogP contribution in [-0.2, 0) is 11.8 Å². The second kappa shape index (κ2) is 6.17. The van der Waals surface area contributed by atoms with Crippen molar-refractivity contribution in [3.8, 4) is 0 Å². The summed E-state index contributed by atoms with van der Waals surface area (Å²) in [7, 11) is 0. The van der Waals surface area contributed by atoms with Crippen LogP contribution in [0.5, 0.6) is 0 Å². The fourth-order valence-corrected chi connectivity index (χ4v) is 2.76. The van der Waals surface area contributed by atoms with E-state index >= 15 is 0 Å². The van der Waals surface area contributed by atoms with Crippen LogP contribution in [0.4, 0.5) is 0 Å². The van der Waals surface area contributed by atoms with Gasteiger partial charge in [0, 0.05) is 12.0 Å². The predicted molar refractivity (Wildman–Crippen MR) is 80.4 cm³/mol. The first-order valence-corrected chi connectivity index (χ1v) is 7.40. The smallest absolute Gasteiger partial charge is 0.00433 e. The number of thiophene rings is 1. The Hall–Kier alpha value is -1.12. The van der Waals surface area contributed by atoms with E-state index in [9.17, 15) is 0 Å². The number of nitrogens with one attached hydrogen (secondary N) is 1. The molecular formula is C16H21NS. The first-order valence-electron chi connectivity index (χ1n) is 6.46. The van der Waals surface area contributed by atoms with Crippen molar-refractivity contribution in [3.63, 3.8) is 0 Å². The third-order valence-electron chi connectivity index (χ3n) is 3.29. The third kappa shape index (κ3) is 3.69. The van der Waals surface area contributed by atoms with Gasteiger partial charge in [-0.1, -0.05) is 44.2 Å². The van der Waals surface area contributed by atoms with Crippen LogP contribution in [0.15, 0.2) is 47.2 Å². The van der Waals surface area contributed by atoms with Crippen molar-refractivity contribution in [2.75, 3.05) is 13.1 Å². The Kier molecular flexibility index (Phi) is 4.56. The second-order valence-electron chi connectivity index (χ2n) is 5.31. The fourth-order valence-electron chi connectivity index (χ4n) is 2.06. The Balaban J connectivity index is 1.79. The van der Waals surface area contributed by atoms with Gasteiger partial charge in [-0.3, -0.25) is 0 Å². The zero-order valence-corrected chi connectivity index (χ0v) is 12.0. The molecule has 1 nitrogen and oxygen atoms in total. The van der Waals surface area contributed by atoms with Crippen molar-refractivity contribution in [2.24, 2.45) is 0 Å². The highest BCUT2D eigenvalue weighted by atomic mass is 32.1. The molecule has 0 saturated heterocycles. The minimum Gasteiger partial charge on any atom is -0.316 e. The maximum atomic E-state index is 3.57. The van der Waals surface area contributed by atoms with Crippen LogP contribution in [0.25, 0.3) is 0 Å². The molecule has 0 spiro atoms. The van der Waals surface area contributed by atoms with Crippen molar-refractivity contribution >= 4 is 11.3 Å². The molecule has 2 rings (SSSR count). The summed E-state index contributed by atoms with van der Waals surface area (Å²) in [5.41, 5.74) is 3.02. The molecule has 0 atom stereocenters. The van der Waals surface area contributed by atoms with Gasteiger partial charge in [0.15, 0.2) is 0 Å². The van der Waals surface area contributed by atoms with Gasteiger partial charge >= 0.3 is 0 Å². The summed E-state index contributed by atoms with van der Waals surface area (Å²) in [6.07, 6.45) is 1.12. The molecule has 0 radical (unpaired) electrons. The van der Waals surface area contributed by atoms with Crippen molar-refractivity contribution in [1.82, 2.24) is 5.32 Å². The van der Waals surface area contributed by atoms with Crippen molar-refractivity contribution in [2.45, 2.75) is 25.7 Å². The number of hydrogen-bond donors (Lipinski definition) is 1. The van der Waals surface area contributed by atoms with Crippen LogP contribution in [0.2, 0.25) is 0 Å². The summed E-state index contributed by atoms with van der Waals surface area (Å²) < 4.78 is 0. The summed E-state index contributed by atoms with van der Waals surface area (Å²) in [5.74, 6) is 0. The van der Waals surface area contributed by atoms with Crippen LogP contribution >= 0.6 is 11.3 Å². The van der Waals surface area contributed by atoms with Crippen LogP contribution < -0.4 is 5.32 Å². The zero-order valence-electron chi connectivity index (χ0n) is 11.1. The monoisotopic (exact) mass is 259 g/mol. The van der Waals surface area contributed by atoms with Crippen molar-refractivity contribution < 1.29 is 0 Å². The molecule has 18 heavy (non-hydrogen) atoms. The molecule has 1 aromatic carbocycles. The summed E-state index contributed by atoms with van der Waals surface area (Å²) in [6, 6.07) is 12.9. The Morgan fingerprint density at radius 2 is 1.89 bits per heavy atom. The molecule has 2 aromatic rings. The molecular weight excluding hydrogens is 238 g/mol. The molecule has 1 N–H and O–H groups in total. The van der Waals surface area contributed by atoms with E-state index in [0.29, 0.717) is 0 Å². The lowest BCUT2D eigenvalue weighted by Crippen LogP contribution is -2.33. The highest BCUT2D eigenvalue weighted by Crippen LogP contribution is 2.21. The molecule has 1 heterocycles. The van der Waals surface area contributed by atoms with Crippen LogP contribution in [-0.4, -0.2) is 13.1 Å². The van der Waals surface area contributed by atoms with E-state index in [1.807, 2.05) is 0 Å². The molecule has 0 unspecified atom stereocenters. The molecule has 1 aromatic heterocycles. The number of benzene rings is 1. The van der Waals surface area contributed by atoms with E-state index in [-0.39, 0.29) is 5.41 Å². The van der Waals surface area contributed by atoms with E-state index in [1.54, 1.807) is 11.3 Å². The maximum absolute atomic E-state index is 3.57. The first-order chi connectivity index (χ1) is 8.68. The van der Waals surface area contributed by atoms with Crippen LogP contribution in [0.1, 0.15) is 25.0 Å². The zero-order chi connectivity index (χ0) is 12.8. The van der Waals surface area contributed by atoms with Crippen LogP contribution in [0, 0.1) is 0 Å². The Morgan fingerprint density at radius 3 is 2.56 bits per heavy atom. The van der Waals surface area contributed by atoms with E-state index in [1.165, 1.54) is 11.1 Å². The fraction of sp³-hybridized carbons (Fsp3) is 0.375. The third-order valence-corrected chi connectivity index (χ3v) is 4.02. The maximum Gasteiger partial charge on any atom is 0.00433 e. The molecule has 2 heteroatoms. The lowest BCUT2D eigenvalue weighted by atomic mass is 9.84. The standard InChI is InChI=1S/C16H21NS/c1-16(2,15-6-4-3-5-7-15)13-17-10-8-14-9-11-18-12-14/h3-7,9,11-12,17H,8,10,13H2,1-2H3. The molecule has 0 bridgehead atoms. The quantitative estimate of drug-likeness (QED) is 0.777. The molecule has 0 aliphatic carbocycles. The Bertz CT molecular complexity index is 445. The molecule has 0 amide bonds. The second-order valence-corrected chi connectivity index (χ2v) is 6.09. The average molecular weight is 259 g/mol. The van der Waals surface area contributed by atoms with Gasteiger partial charge < -0.3 is 5.32 Å². The van der Waals surface area contributed by atoms with Gasteiger partial charge in [0.25, 0.3) is 0 Å². The summed E-state index contributed by atoms with van der Waals surface area (Å²) in [4.78, 5) is 0. The van der Waals surface area contributed by atoms with Gasteiger partial charge in [0.1, 0.15) is 0 Å². The molecule has 96 valence electrons. The lowest BCUT2D eigenvalue weighted by molar-refractivity contribution is 0.471. The molecule has 0 aliphatic rings. The van der Waals surface area contributed by atoms with Gasteiger partial charge in [0.2, 0.25) is 0 Å².